The number of hydrogen-bond acceptors (Lipinski definition) is 6. The molecule has 0 spiro atoms. The van der Waals surface area contributed by atoms with E-state index in [2.05, 4.69) is 11.1 Å². The van der Waals surface area contributed by atoms with Gasteiger partial charge in [0.1, 0.15) is 0 Å². The number of nitrogens with two attached hydrogens (primary N) is 2. The summed E-state index contributed by atoms with van der Waals surface area (Å²) in [6.07, 6.45) is 2.61. The van der Waals surface area contributed by atoms with Crippen LogP contribution >= 0.6 is 22.7 Å². The van der Waals surface area contributed by atoms with Gasteiger partial charge in [0, 0.05) is 23.1 Å². The first kappa shape index (κ1) is 14.0. The van der Waals surface area contributed by atoms with Crippen molar-refractivity contribution in [3.63, 3.8) is 0 Å². The van der Waals surface area contributed by atoms with Crippen LogP contribution in [0.15, 0.2) is 10.9 Å². The van der Waals surface area contributed by atoms with E-state index in [0.717, 1.165) is 16.1 Å². The Morgan fingerprint density at radius 3 is 3.00 bits per heavy atom. The average molecular weight is 318 g/mol. The van der Waals surface area contributed by atoms with Crippen molar-refractivity contribution in [2.75, 3.05) is 5.73 Å². The van der Waals surface area contributed by atoms with Crippen molar-refractivity contribution in [3.05, 3.63) is 32.6 Å². The highest BCUT2D eigenvalue weighted by molar-refractivity contribution is 7.16. The first-order chi connectivity index (χ1) is 10.0. The molecule has 2 heterocycles. The zero-order valence-corrected chi connectivity index (χ0v) is 12.9. The van der Waals surface area contributed by atoms with Gasteiger partial charge in [-0.15, -0.1) is 22.7 Å². The fourth-order valence-corrected chi connectivity index (χ4v) is 4.75. The number of nitrogen functional groups attached to an aromatic ring is 1. The molecule has 7 heteroatoms. The molecule has 108 valence electrons. The predicted molar refractivity (Wildman–Crippen MR) is 83.1 cm³/mol. The van der Waals surface area contributed by atoms with Crippen molar-refractivity contribution in [2.45, 2.75) is 25.7 Å². The molecule has 1 aliphatic rings. The summed E-state index contributed by atoms with van der Waals surface area (Å²) in [6, 6.07) is 2.47. The number of carbonyl (C=O) groups excluding carboxylic acids is 1. The highest BCUT2D eigenvalue weighted by atomic mass is 32.1. The number of aromatic nitrogens is 1. The number of hydrogen-bond donors (Lipinski definition) is 2. The van der Waals surface area contributed by atoms with E-state index in [1.54, 1.807) is 5.51 Å². The molecule has 0 aliphatic heterocycles. The molecular formula is C14H14N4OS2. The van der Waals surface area contributed by atoms with Crippen LogP contribution in [0.5, 0.6) is 0 Å². The molecule has 0 bridgehead atoms. The van der Waals surface area contributed by atoms with Crippen molar-refractivity contribution in [3.8, 4) is 6.07 Å². The topological polar surface area (TPSA) is 106 Å². The number of nitriles is 1. The van der Waals surface area contributed by atoms with E-state index in [1.807, 2.05) is 5.38 Å². The third kappa shape index (κ3) is 2.41. The number of rotatable bonds is 3. The average Bonchev–Trinajstić information content (AvgIpc) is 3.04. The summed E-state index contributed by atoms with van der Waals surface area (Å²) in [7, 11) is 0. The number of primary amides is 1. The maximum Gasteiger partial charge on any atom is 0.251 e. The SMILES string of the molecule is N#CC1(Cc2cscn2)CCc2c(sc(N)c2C(N)=O)C1. The Hall–Kier alpha value is -1.91. The lowest BCUT2D eigenvalue weighted by molar-refractivity contribution is 0.1000. The van der Waals surface area contributed by atoms with Crippen LogP contribution in [0.2, 0.25) is 0 Å². The molecule has 0 radical (unpaired) electrons. The highest BCUT2D eigenvalue weighted by Gasteiger charge is 2.38. The second kappa shape index (κ2) is 5.13. The second-order valence-electron chi connectivity index (χ2n) is 5.33. The summed E-state index contributed by atoms with van der Waals surface area (Å²) in [5, 5.41) is 12.1. The van der Waals surface area contributed by atoms with E-state index in [-0.39, 0.29) is 0 Å². The minimum Gasteiger partial charge on any atom is -0.390 e. The van der Waals surface area contributed by atoms with E-state index in [1.165, 1.54) is 22.7 Å². The van der Waals surface area contributed by atoms with Gasteiger partial charge in [-0.3, -0.25) is 4.79 Å². The van der Waals surface area contributed by atoms with Crippen molar-refractivity contribution in [2.24, 2.45) is 11.1 Å². The third-order valence-electron chi connectivity index (χ3n) is 3.96. The molecule has 2 aromatic rings. The largest absolute Gasteiger partial charge is 0.390 e. The van der Waals surface area contributed by atoms with Crippen molar-refractivity contribution < 1.29 is 4.79 Å². The van der Waals surface area contributed by atoms with Gasteiger partial charge < -0.3 is 11.5 Å². The summed E-state index contributed by atoms with van der Waals surface area (Å²) in [4.78, 5) is 16.8. The van der Waals surface area contributed by atoms with E-state index < -0.39 is 11.3 Å². The molecule has 0 fully saturated rings. The monoisotopic (exact) mass is 318 g/mol. The lowest BCUT2D eigenvalue weighted by atomic mass is 9.72. The van der Waals surface area contributed by atoms with Crippen LogP contribution in [-0.4, -0.2) is 10.9 Å². The third-order valence-corrected chi connectivity index (χ3v) is 5.65. The number of thiazole rings is 1. The minimum atomic E-state index is -0.478. The molecule has 0 aromatic carbocycles. The van der Waals surface area contributed by atoms with Gasteiger partial charge in [0.15, 0.2) is 0 Å². The summed E-state index contributed by atoms with van der Waals surface area (Å²) >= 11 is 2.92. The van der Waals surface area contributed by atoms with Crippen LogP contribution in [0.1, 0.15) is 32.9 Å². The molecule has 21 heavy (non-hydrogen) atoms. The van der Waals surface area contributed by atoms with E-state index in [4.69, 9.17) is 11.5 Å². The molecule has 1 unspecified atom stereocenters. The molecule has 1 aliphatic carbocycles. The van der Waals surface area contributed by atoms with Crippen molar-refractivity contribution >= 4 is 33.6 Å². The molecule has 0 saturated carbocycles. The van der Waals surface area contributed by atoms with Gasteiger partial charge in [0.05, 0.1) is 33.3 Å². The highest BCUT2D eigenvalue weighted by Crippen LogP contribution is 2.44. The number of amides is 1. The van der Waals surface area contributed by atoms with Gasteiger partial charge in [-0.25, -0.2) is 4.98 Å². The number of nitrogens with zero attached hydrogens (tertiary/aromatic N) is 2. The lowest BCUT2D eigenvalue weighted by Crippen LogP contribution is -2.30. The summed E-state index contributed by atoms with van der Waals surface area (Å²) in [5.41, 5.74) is 15.0. The molecule has 4 N–H and O–H groups in total. The van der Waals surface area contributed by atoms with Crippen LogP contribution in [0, 0.1) is 16.7 Å². The van der Waals surface area contributed by atoms with Gasteiger partial charge >= 0.3 is 0 Å². The van der Waals surface area contributed by atoms with Gasteiger partial charge in [-0.1, -0.05) is 0 Å². The molecule has 2 aromatic heterocycles. The summed E-state index contributed by atoms with van der Waals surface area (Å²) in [6.45, 7) is 0. The number of carbonyl (C=O) groups is 1. The first-order valence-electron chi connectivity index (χ1n) is 6.53. The van der Waals surface area contributed by atoms with Crippen LogP contribution in [-0.2, 0) is 19.3 Å². The van der Waals surface area contributed by atoms with Crippen LogP contribution in [0.25, 0.3) is 0 Å². The summed E-state index contributed by atoms with van der Waals surface area (Å²) < 4.78 is 0. The Labute approximate surface area is 130 Å². The Kier molecular flexibility index (Phi) is 3.43. The Morgan fingerprint density at radius 2 is 2.38 bits per heavy atom. The lowest BCUT2D eigenvalue weighted by Gasteiger charge is -2.30. The number of thiophene rings is 1. The molecule has 5 nitrogen and oxygen atoms in total. The standard InChI is InChI=1S/C14H14N4OS2/c15-6-14(3-8-5-20-7-18-8)2-1-9-10(4-14)21-13(17)11(9)12(16)19/h5,7H,1-4,17H2,(H2,16,19). The normalized spacial score (nSPS) is 20.7. The molecule has 3 rings (SSSR count). The molecule has 0 saturated heterocycles. The minimum absolute atomic E-state index is 0.454. The second-order valence-corrected chi connectivity index (χ2v) is 7.19. The quantitative estimate of drug-likeness (QED) is 0.904. The Bertz CT molecular complexity index is 729. The van der Waals surface area contributed by atoms with Crippen LogP contribution in [0.4, 0.5) is 5.00 Å². The Morgan fingerprint density at radius 1 is 1.57 bits per heavy atom. The smallest absolute Gasteiger partial charge is 0.251 e. The van der Waals surface area contributed by atoms with E-state index in [9.17, 15) is 10.1 Å². The van der Waals surface area contributed by atoms with Crippen LogP contribution < -0.4 is 11.5 Å². The predicted octanol–water partition coefficient (Wildman–Crippen LogP) is 2.13. The number of anilines is 1. The maximum absolute atomic E-state index is 11.5. The van der Waals surface area contributed by atoms with Gasteiger partial charge in [-0.2, -0.15) is 5.26 Å². The molecular weight excluding hydrogens is 304 g/mol. The maximum atomic E-state index is 11.5. The molecule has 1 atom stereocenters. The van der Waals surface area contributed by atoms with E-state index in [0.29, 0.717) is 36.2 Å². The fraction of sp³-hybridized carbons (Fsp3) is 0.357. The summed E-state index contributed by atoms with van der Waals surface area (Å²) in [5.74, 6) is -0.478. The van der Waals surface area contributed by atoms with Crippen molar-refractivity contribution in [1.29, 1.82) is 5.26 Å². The molecule has 1 amide bonds. The van der Waals surface area contributed by atoms with Crippen LogP contribution in [0.3, 0.4) is 0 Å². The van der Waals surface area contributed by atoms with Gasteiger partial charge in [-0.05, 0) is 18.4 Å². The number of fused-ring (bicyclic) bond motifs is 1. The zero-order chi connectivity index (χ0) is 15.0. The van der Waals surface area contributed by atoms with Gasteiger partial charge in [0.25, 0.3) is 5.91 Å². The first-order valence-corrected chi connectivity index (χ1v) is 8.29. The van der Waals surface area contributed by atoms with Crippen molar-refractivity contribution in [1.82, 2.24) is 4.98 Å². The Balaban J connectivity index is 1.95. The zero-order valence-electron chi connectivity index (χ0n) is 11.3. The fourth-order valence-electron chi connectivity index (χ4n) is 2.93. The van der Waals surface area contributed by atoms with E-state index >= 15 is 0 Å². The van der Waals surface area contributed by atoms with Gasteiger partial charge in [0.2, 0.25) is 0 Å².